The van der Waals surface area contributed by atoms with Crippen molar-refractivity contribution in [1.29, 1.82) is 0 Å². The van der Waals surface area contributed by atoms with Crippen LogP contribution in [0.1, 0.15) is 6.92 Å². The van der Waals surface area contributed by atoms with Crippen molar-refractivity contribution in [2.45, 2.75) is 6.92 Å². The van der Waals surface area contributed by atoms with Crippen LogP contribution in [0.25, 0.3) is 0 Å². The van der Waals surface area contributed by atoms with Gasteiger partial charge in [-0.1, -0.05) is 6.92 Å². The summed E-state index contributed by atoms with van der Waals surface area (Å²) in [7, 11) is -0.395. The number of methoxy groups -OCH3 is 1. The SMILES string of the molecule is CCN1CC[P+](O)(c2ccc(N)c(OC)c2)CC1. The lowest BCUT2D eigenvalue weighted by atomic mass is 10.3. The van der Waals surface area contributed by atoms with Crippen LogP contribution in [0, 0.1) is 0 Å². The highest BCUT2D eigenvalue weighted by Crippen LogP contribution is 2.55. The molecule has 1 aliphatic rings. The molecule has 0 unspecified atom stereocenters. The van der Waals surface area contributed by atoms with Crippen LogP contribution in [0.5, 0.6) is 5.75 Å². The molecule has 0 bridgehead atoms. The number of ether oxygens (including phenoxy) is 1. The van der Waals surface area contributed by atoms with Crippen molar-refractivity contribution in [3.63, 3.8) is 0 Å². The highest BCUT2D eigenvalue weighted by Gasteiger charge is 2.42. The van der Waals surface area contributed by atoms with E-state index in [-0.39, 0.29) is 0 Å². The second kappa shape index (κ2) is 5.43. The number of rotatable bonds is 3. The van der Waals surface area contributed by atoms with Gasteiger partial charge in [0.2, 0.25) is 0 Å². The zero-order chi connectivity index (χ0) is 13.2. The number of hydrogen-bond acceptors (Lipinski definition) is 4. The minimum absolute atomic E-state index is 0.625. The normalized spacial score (nSPS) is 19.7. The van der Waals surface area contributed by atoms with E-state index >= 15 is 0 Å². The predicted octanol–water partition coefficient (Wildman–Crippen LogP) is 1.16. The zero-order valence-corrected chi connectivity index (χ0v) is 12.0. The molecule has 1 saturated heterocycles. The number of anilines is 1. The van der Waals surface area contributed by atoms with Gasteiger partial charge in [-0.15, -0.1) is 0 Å². The summed E-state index contributed by atoms with van der Waals surface area (Å²) in [5.41, 5.74) is 6.44. The Hall–Kier alpha value is -0.830. The number of nitrogens with two attached hydrogens (primary N) is 1. The smallest absolute Gasteiger partial charge is 0.176 e. The molecule has 0 spiro atoms. The number of benzene rings is 1. The molecule has 1 aromatic carbocycles. The third-order valence-corrected chi connectivity index (χ3v) is 6.84. The summed E-state index contributed by atoms with van der Waals surface area (Å²) in [6, 6.07) is 5.69. The third-order valence-electron chi connectivity index (χ3n) is 3.72. The lowest BCUT2D eigenvalue weighted by molar-refractivity contribution is 0.308. The number of hydrogen-bond donors (Lipinski definition) is 2. The van der Waals surface area contributed by atoms with Crippen molar-refractivity contribution in [3.8, 4) is 5.75 Å². The molecule has 1 aromatic rings. The van der Waals surface area contributed by atoms with Crippen molar-refractivity contribution in [2.75, 3.05) is 44.8 Å². The van der Waals surface area contributed by atoms with E-state index in [4.69, 9.17) is 10.5 Å². The summed E-state index contributed by atoms with van der Waals surface area (Å²) in [6.45, 7) is 5.18. The van der Waals surface area contributed by atoms with Gasteiger partial charge in [-0.05, 0) is 18.7 Å². The molecule has 0 radical (unpaired) electrons. The molecule has 100 valence electrons. The molecule has 2 rings (SSSR count). The lowest BCUT2D eigenvalue weighted by Gasteiger charge is -2.31. The van der Waals surface area contributed by atoms with Gasteiger partial charge in [-0.25, -0.2) is 4.89 Å². The van der Waals surface area contributed by atoms with Crippen LogP contribution in [0.2, 0.25) is 0 Å². The van der Waals surface area contributed by atoms with Crippen LogP contribution in [0.4, 0.5) is 5.69 Å². The molecule has 4 nitrogen and oxygen atoms in total. The van der Waals surface area contributed by atoms with Gasteiger partial charge < -0.3 is 10.5 Å². The van der Waals surface area contributed by atoms with Crippen LogP contribution in [0.3, 0.4) is 0 Å². The monoisotopic (exact) mass is 269 g/mol. The molecule has 0 atom stereocenters. The zero-order valence-electron chi connectivity index (χ0n) is 11.1. The fraction of sp³-hybridized carbons (Fsp3) is 0.538. The van der Waals surface area contributed by atoms with E-state index in [1.54, 1.807) is 7.11 Å². The predicted molar refractivity (Wildman–Crippen MR) is 78.0 cm³/mol. The maximum atomic E-state index is 10.9. The molecular formula is C13H22N2O2P+. The fourth-order valence-corrected chi connectivity index (χ4v) is 5.05. The number of nitrogen functional groups attached to an aromatic ring is 1. The standard InChI is InChI=1S/C13H22N2O2P/c1-3-15-6-8-18(16,9-7-15)11-4-5-12(14)13(10-11)17-2/h4-5,10,16H,3,6-9,14H2,1-2H3/q+1. The van der Waals surface area contributed by atoms with Gasteiger partial charge >= 0.3 is 0 Å². The van der Waals surface area contributed by atoms with Crippen molar-refractivity contribution in [2.24, 2.45) is 0 Å². The van der Waals surface area contributed by atoms with E-state index in [0.29, 0.717) is 11.4 Å². The summed E-state index contributed by atoms with van der Waals surface area (Å²) in [4.78, 5) is 13.2. The van der Waals surface area contributed by atoms with E-state index in [1.807, 2.05) is 18.2 Å². The van der Waals surface area contributed by atoms with E-state index in [2.05, 4.69) is 11.8 Å². The summed E-state index contributed by atoms with van der Waals surface area (Å²) in [5.74, 6) is 0.666. The molecule has 1 heterocycles. The Balaban J connectivity index is 2.20. The number of nitrogens with zero attached hydrogens (tertiary/aromatic N) is 1. The Kier molecular flexibility index (Phi) is 4.10. The van der Waals surface area contributed by atoms with Crippen LogP contribution >= 0.6 is 7.49 Å². The molecule has 0 amide bonds. The van der Waals surface area contributed by atoms with Gasteiger partial charge in [-0.2, -0.15) is 0 Å². The van der Waals surface area contributed by atoms with Crippen molar-refractivity contribution >= 4 is 18.5 Å². The van der Waals surface area contributed by atoms with E-state index in [9.17, 15) is 4.89 Å². The van der Waals surface area contributed by atoms with Crippen LogP contribution < -0.4 is 15.8 Å². The maximum Gasteiger partial charge on any atom is 0.176 e. The highest BCUT2D eigenvalue weighted by atomic mass is 31.2. The van der Waals surface area contributed by atoms with E-state index < -0.39 is 7.49 Å². The second-order valence-electron chi connectivity index (χ2n) is 4.73. The van der Waals surface area contributed by atoms with Crippen molar-refractivity contribution in [1.82, 2.24) is 4.90 Å². The van der Waals surface area contributed by atoms with Gasteiger partial charge in [0.15, 0.2) is 7.49 Å². The molecule has 0 aromatic heterocycles. The topological polar surface area (TPSA) is 58.7 Å². The van der Waals surface area contributed by atoms with Gasteiger partial charge in [0.1, 0.15) is 23.4 Å². The Labute approximate surface area is 109 Å². The first-order valence-corrected chi connectivity index (χ1v) is 8.46. The summed E-state index contributed by atoms with van der Waals surface area (Å²) in [6.07, 6.45) is 1.74. The molecule has 3 N–H and O–H groups in total. The first-order valence-electron chi connectivity index (χ1n) is 6.35. The van der Waals surface area contributed by atoms with Gasteiger partial charge in [-0.3, -0.25) is 4.90 Å². The second-order valence-corrected chi connectivity index (χ2v) is 7.99. The summed E-state index contributed by atoms with van der Waals surface area (Å²) >= 11 is 0. The first kappa shape index (κ1) is 13.6. The molecule has 0 aliphatic carbocycles. The Bertz CT molecular complexity index is 417. The minimum Gasteiger partial charge on any atom is -0.494 e. The molecule has 18 heavy (non-hydrogen) atoms. The Morgan fingerprint density at radius 1 is 1.39 bits per heavy atom. The molecule has 5 heteroatoms. The van der Waals surface area contributed by atoms with Crippen molar-refractivity contribution in [3.05, 3.63) is 18.2 Å². The van der Waals surface area contributed by atoms with Crippen molar-refractivity contribution < 1.29 is 9.63 Å². The lowest BCUT2D eigenvalue weighted by Crippen LogP contribution is -2.39. The van der Waals surface area contributed by atoms with Gasteiger partial charge in [0, 0.05) is 19.2 Å². The summed E-state index contributed by atoms with van der Waals surface area (Å²) in [5, 5.41) is 1.02. The van der Waals surface area contributed by atoms with Gasteiger partial charge in [0.25, 0.3) is 0 Å². The van der Waals surface area contributed by atoms with Crippen LogP contribution in [0.15, 0.2) is 18.2 Å². The first-order chi connectivity index (χ1) is 8.59. The molecular weight excluding hydrogens is 247 g/mol. The summed E-state index contributed by atoms with van der Waals surface area (Å²) < 4.78 is 5.23. The fourth-order valence-electron chi connectivity index (χ4n) is 2.37. The quantitative estimate of drug-likeness (QED) is 0.638. The average molecular weight is 269 g/mol. The Morgan fingerprint density at radius 2 is 2.06 bits per heavy atom. The van der Waals surface area contributed by atoms with E-state index in [1.165, 1.54) is 0 Å². The third kappa shape index (κ3) is 2.61. The average Bonchev–Trinajstić information content (AvgIpc) is 2.40. The largest absolute Gasteiger partial charge is 0.494 e. The molecule has 1 aliphatic heterocycles. The van der Waals surface area contributed by atoms with E-state index in [0.717, 1.165) is 37.3 Å². The van der Waals surface area contributed by atoms with Gasteiger partial charge in [0.05, 0.1) is 12.8 Å². The maximum absolute atomic E-state index is 10.9. The molecule has 0 saturated carbocycles. The minimum atomic E-state index is -2.00. The highest BCUT2D eigenvalue weighted by molar-refractivity contribution is 7.77. The Morgan fingerprint density at radius 3 is 2.61 bits per heavy atom. The van der Waals surface area contributed by atoms with Crippen LogP contribution in [-0.2, 0) is 0 Å². The molecule has 1 fully saturated rings. The van der Waals surface area contributed by atoms with Crippen LogP contribution in [-0.4, -0.2) is 48.9 Å².